The first-order chi connectivity index (χ1) is 11.6. The van der Waals surface area contributed by atoms with E-state index in [2.05, 4.69) is 11.8 Å². The fourth-order valence-corrected chi connectivity index (χ4v) is 2.84. The summed E-state index contributed by atoms with van der Waals surface area (Å²) >= 11 is 0. The number of halogens is 5. The third kappa shape index (κ3) is 5.01. The van der Waals surface area contributed by atoms with Crippen molar-refractivity contribution in [3.05, 3.63) is 65.2 Å². The highest BCUT2D eigenvalue weighted by Gasteiger charge is 2.32. The maximum atomic E-state index is 13.1. The van der Waals surface area contributed by atoms with E-state index in [1.165, 1.54) is 12.1 Å². The molecule has 0 unspecified atom stereocenters. The summed E-state index contributed by atoms with van der Waals surface area (Å²) in [6.45, 7) is -0.535. The van der Waals surface area contributed by atoms with E-state index in [0.717, 1.165) is 12.1 Å². The van der Waals surface area contributed by atoms with E-state index >= 15 is 0 Å². The molecule has 2 aromatic carbocycles. The van der Waals surface area contributed by atoms with Crippen LogP contribution in [-0.2, 0) is 16.2 Å². The van der Waals surface area contributed by atoms with Crippen molar-refractivity contribution >= 4 is 10.0 Å². The zero-order valence-corrected chi connectivity index (χ0v) is 13.2. The van der Waals surface area contributed by atoms with Gasteiger partial charge in [0.2, 0.25) is 10.0 Å². The van der Waals surface area contributed by atoms with Gasteiger partial charge in [-0.15, -0.1) is 0 Å². The number of rotatable bonds is 3. The van der Waals surface area contributed by atoms with Gasteiger partial charge >= 0.3 is 6.18 Å². The van der Waals surface area contributed by atoms with Gasteiger partial charge in [-0.3, -0.25) is 0 Å². The summed E-state index contributed by atoms with van der Waals surface area (Å²) in [6, 6.07) is 6.28. The molecule has 0 aliphatic rings. The van der Waals surface area contributed by atoms with Crippen LogP contribution in [0.5, 0.6) is 0 Å². The molecule has 0 atom stereocenters. The van der Waals surface area contributed by atoms with Crippen LogP contribution in [0.25, 0.3) is 0 Å². The predicted molar refractivity (Wildman–Crippen MR) is 79.9 cm³/mol. The molecule has 0 aliphatic heterocycles. The Morgan fingerprint density at radius 2 is 1.60 bits per heavy atom. The lowest BCUT2D eigenvalue weighted by Gasteiger charge is -2.08. The summed E-state index contributed by atoms with van der Waals surface area (Å²) < 4.78 is 90.2. The molecule has 0 fully saturated rings. The molecule has 25 heavy (non-hydrogen) atoms. The Bertz CT molecular complexity index is 923. The van der Waals surface area contributed by atoms with Crippen molar-refractivity contribution in [3.8, 4) is 11.8 Å². The quantitative estimate of drug-likeness (QED) is 0.661. The molecule has 0 radical (unpaired) electrons. The maximum absolute atomic E-state index is 13.1. The van der Waals surface area contributed by atoms with Crippen LogP contribution in [0.2, 0.25) is 0 Å². The summed E-state index contributed by atoms with van der Waals surface area (Å²) in [4.78, 5) is -0.650. The molecule has 132 valence electrons. The van der Waals surface area contributed by atoms with Crippen molar-refractivity contribution in [2.75, 3.05) is 6.54 Å². The van der Waals surface area contributed by atoms with E-state index in [1.54, 1.807) is 0 Å². The highest BCUT2D eigenvalue weighted by molar-refractivity contribution is 7.89. The Morgan fingerprint density at radius 1 is 1.00 bits per heavy atom. The molecular weight excluding hydrogens is 365 g/mol. The Kier molecular flexibility index (Phi) is 5.45. The van der Waals surface area contributed by atoms with Crippen LogP contribution in [0.1, 0.15) is 11.1 Å². The highest BCUT2D eigenvalue weighted by Crippen LogP contribution is 2.31. The molecule has 2 rings (SSSR count). The zero-order chi connectivity index (χ0) is 18.7. The van der Waals surface area contributed by atoms with Gasteiger partial charge in [0, 0.05) is 11.6 Å². The van der Waals surface area contributed by atoms with Crippen LogP contribution in [0.3, 0.4) is 0 Å². The first kappa shape index (κ1) is 18.9. The minimum Gasteiger partial charge on any atom is -0.207 e. The van der Waals surface area contributed by atoms with Crippen molar-refractivity contribution in [1.29, 1.82) is 0 Å². The summed E-state index contributed by atoms with van der Waals surface area (Å²) in [5.41, 5.74) is -1.26. The largest absolute Gasteiger partial charge is 0.417 e. The van der Waals surface area contributed by atoms with E-state index in [9.17, 15) is 30.4 Å². The van der Waals surface area contributed by atoms with E-state index in [0.29, 0.717) is 18.2 Å². The van der Waals surface area contributed by atoms with E-state index < -0.39 is 44.8 Å². The monoisotopic (exact) mass is 375 g/mol. The van der Waals surface area contributed by atoms with Crippen LogP contribution >= 0.6 is 0 Å². The van der Waals surface area contributed by atoms with E-state index in [-0.39, 0.29) is 5.56 Å². The molecule has 0 heterocycles. The van der Waals surface area contributed by atoms with E-state index in [1.807, 2.05) is 4.72 Å². The fraction of sp³-hybridized carbons (Fsp3) is 0.125. The molecule has 3 nitrogen and oxygen atoms in total. The van der Waals surface area contributed by atoms with Gasteiger partial charge in [-0.2, -0.15) is 17.9 Å². The topological polar surface area (TPSA) is 46.2 Å². The van der Waals surface area contributed by atoms with Gasteiger partial charge in [0.1, 0.15) is 11.6 Å². The van der Waals surface area contributed by atoms with Gasteiger partial charge < -0.3 is 0 Å². The van der Waals surface area contributed by atoms with Crippen molar-refractivity contribution in [2.24, 2.45) is 0 Å². The molecule has 0 amide bonds. The summed E-state index contributed by atoms with van der Waals surface area (Å²) in [5.74, 6) is 2.31. The number of sulfonamides is 1. The third-order valence-electron chi connectivity index (χ3n) is 2.95. The van der Waals surface area contributed by atoms with Gasteiger partial charge in [0.25, 0.3) is 0 Å². The summed E-state index contributed by atoms with van der Waals surface area (Å²) in [5, 5.41) is 0. The molecule has 0 saturated carbocycles. The van der Waals surface area contributed by atoms with Crippen molar-refractivity contribution < 1.29 is 30.4 Å². The average Bonchev–Trinajstić information content (AvgIpc) is 2.50. The second-order valence-corrected chi connectivity index (χ2v) is 6.54. The normalized spacial score (nSPS) is 11.7. The van der Waals surface area contributed by atoms with Crippen LogP contribution in [0.15, 0.2) is 47.4 Å². The Hall–Kier alpha value is -2.44. The average molecular weight is 375 g/mol. The van der Waals surface area contributed by atoms with Gasteiger partial charge in [-0.05, 0) is 24.3 Å². The summed E-state index contributed by atoms with van der Waals surface area (Å²) in [6.07, 6.45) is -4.59. The lowest BCUT2D eigenvalue weighted by Crippen LogP contribution is -2.24. The number of alkyl halides is 3. The summed E-state index contributed by atoms with van der Waals surface area (Å²) in [7, 11) is -4.25. The first-order valence-corrected chi connectivity index (χ1v) is 8.19. The van der Waals surface area contributed by atoms with Crippen molar-refractivity contribution in [3.63, 3.8) is 0 Å². The molecule has 0 saturated heterocycles. The maximum Gasteiger partial charge on any atom is 0.417 e. The smallest absolute Gasteiger partial charge is 0.207 e. The molecule has 1 N–H and O–H groups in total. The van der Waals surface area contributed by atoms with Crippen molar-refractivity contribution in [1.82, 2.24) is 4.72 Å². The Labute approximate surface area is 140 Å². The molecule has 2 aromatic rings. The van der Waals surface area contributed by atoms with E-state index in [4.69, 9.17) is 0 Å². The first-order valence-electron chi connectivity index (χ1n) is 6.70. The number of benzene rings is 2. The number of nitrogens with one attached hydrogen (secondary N) is 1. The van der Waals surface area contributed by atoms with Crippen LogP contribution in [0, 0.1) is 23.5 Å². The highest BCUT2D eigenvalue weighted by atomic mass is 32.2. The van der Waals surface area contributed by atoms with Crippen molar-refractivity contribution in [2.45, 2.75) is 11.1 Å². The molecule has 0 bridgehead atoms. The number of hydrogen-bond acceptors (Lipinski definition) is 2. The molecule has 0 aliphatic carbocycles. The van der Waals surface area contributed by atoms with Gasteiger partial charge in [0.05, 0.1) is 17.0 Å². The second kappa shape index (κ2) is 7.21. The SMILES string of the molecule is O=S(=O)(NCC#Cc1ccccc1C(F)(F)F)c1cc(F)cc(F)c1. The lowest BCUT2D eigenvalue weighted by molar-refractivity contribution is -0.137. The van der Waals surface area contributed by atoms with Gasteiger partial charge in [-0.25, -0.2) is 17.2 Å². The van der Waals surface area contributed by atoms with Gasteiger partial charge in [-0.1, -0.05) is 24.0 Å². The Balaban J connectivity index is 2.16. The standard InChI is InChI=1S/C16H10F5NO2S/c17-12-8-13(18)10-14(9-12)25(23,24)22-7-3-5-11-4-1-2-6-15(11)16(19,20)21/h1-2,4,6,8-10,22H,7H2. The zero-order valence-electron chi connectivity index (χ0n) is 12.4. The lowest BCUT2D eigenvalue weighted by atomic mass is 10.1. The molecule has 0 spiro atoms. The van der Waals surface area contributed by atoms with Crippen LogP contribution < -0.4 is 4.72 Å². The number of hydrogen-bond donors (Lipinski definition) is 1. The Morgan fingerprint density at radius 3 is 2.20 bits per heavy atom. The van der Waals surface area contributed by atoms with Gasteiger partial charge in [0.15, 0.2) is 0 Å². The molecule has 0 aromatic heterocycles. The van der Waals surface area contributed by atoms with Crippen LogP contribution in [-0.4, -0.2) is 15.0 Å². The molecule has 9 heteroatoms. The third-order valence-corrected chi connectivity index (χ3v) is 4.33. The minimum atomic E-state index is -4.59. The second-order valence-electron chi connectivity index (χ2n) is 4.77. The fourth-order valence-electron chi connectivity index (χ4n) is 1.88. The minimum absolute atomic E-state index is 0.314. The predicted octanol–water partition coefficient (Wildman–Crippen LogP) is 3.31. The molecular formula is C16H10F5NO2S. The van der Waals surface area contributed by atoms with Crippen LogP contribution in [0.4, 0.5) is 22.0 Å².